The van der Waals surface area contributed by atoms with Crippen LogP contribution in [0.2, 0.25) is 0 Å². The highest BCUT2D eigenvalue weighted by Gasteiger charge is 2.09. The standard InChI is InChI=1S/C12H16O2/c1-3-5-9-7-8-11(13)12(14)10(9)6-4-2/h4,7-8,13-14H,2-3,5-6H2,1H3. The summed E-state index contributed by atoms with van der Waals surface area (Å²) in [6.45, 7) is 5.72. The average Bonchev–Trinajstić information content (AvgIpc) is 2.18. The van der Waals surface area contributed by atoms with Crippen LogP contribution >= 0.6 is 0 Å². The number of phenols is 2. The molecule has 0 unspecified atom stereocenters. The second kappa shape index (κ2) is 4.70. The Morgan fingerprint density at radius 3 is 2.64 bits per heavy atom. The topological polar surface area (TPSA) is 40.5 Å². The van der Waals surface area contributed by atoms with E-state index in [0.717, 1.165) is 24.0 Å². The Labute approximate surface area is 84.5 Å². The van der Waals surface area contributed by atoms with Crippen LogP contribution in [0.3, 0.4) is 0 Å². The van der Waals surface area contributed by atoms with E-state index in [2.05, 4.69) is 13.5 Å². The molecular formula is C12H16O2. The fraction of sp³-hybridized carbons (Fsp3) is 0.333. The molecule has 0 aliphatic rings. The molecule has 0 saturated heterocycles. The number of hydrogen-bond acceptors (Lipinski definition) is 2. The lowest BCUT2D eigenvalue weighted by molar-refractivity contribution is 0.399. The first-order valence-electron chi connectivity index (χ1n) is 4.84. The summed E-state index contributed by atoms with van der Waals surface area (Å²) in [6.07, 6.45) is 4.26. The van der Waals surface area contributed by atoms with Crippen molar-refractivity contribution in [3.8, 4) is 11.5 Å². The third-order valence-electron chi connectivity index (χ3n) is 2.23. The maximum absolute atomic E-state index is 9.64. The fourth-order valence-electron chi connectivity index (χ4n) is 1.54. The predicted molar refractivity (Wildman–Crippen MR) is 57.7 cm³/mol. The molecule has 76 valence electrons. The maximum atomic E-state index is 9.64. The van der Waals surface area contributed by atoms with E-state index in [0.29, 0.717) is 6.42 Å². The Bertz CT molecular complexity index is 329. The molecule has 0 fully saturated rings. The van der Waals surface area contributed by atoms with Crippen LogP contribution in [-0.2, 0) is 12.8 Å². The van der Waals surface area contributed by atoms with Gasteiger partial charge in [0, 0.05) is 5.56 Å². The second-order valence-electron chi connectivity index (χ2n) is 3.31. The van der Waals surface area contributed by atoms with Crippen molar-refractivity contribution in [1.29, 1.82) is 0 Å². The molecule has 2 heteroatoms. The van der Waals surface area contributed by atoms with Crippen molar-refractivity contribution in [2.75, 3.05) is 0 Å². The SMILES string of the molecule is C=CCc1c(CCC)ccc(O)c1O. The molecule has 0 radical (unpaired) electrons. The van der Waals surface area contributed by atoms with Gasteiger partial charge in [0.2, 0.25) is 0 Å². The second-order valence-corrected chi connectivity index (χ2v) is 3.31. The number of benzene rings is 1. The third-order valence-corrected chi connectivity index (χ3v) is 2.23. The van der Waals surface area contributed by atoms with E-state index in [1.165, 1.54) is 6.07 Å². The van der Waals surface area contributed by atoms with E-state index in [4.69, 9.17) is 0 Å². The lowest BCUT2D eigenvalue weighted by Gasteiger charge is -2.10. The van der Waals surface area contributed by atoms with Crippen LogP contribution in [0.5, 0.6) is 11.5 Å². The summed E-state index contributed by atoms with van der Waals surface area (Å²) in [6, 6.07) is 3.39. The minimum atomic E-state index is -0.0540. The Hall–Kier alpha value is -1.44. The van der Waals surface area contributed by atoms with E-state index < -0.39 is 0 Å². The molecular weight excluding hydrogens is 176 g/mol. The van der Waals surface area contributed by atoms with Gasteiger partial charge in [0.25, 0.3) is 0 Å². The quantitative estimate of drug-likeness (QED) is 0.569. The Kier molecular flexibility index (Phi) is 3.57. The van der Waals surface area contributed by atoms with Crippen molar-refractivity contribution in [2.45, 2.75) is 26.2 Å². The van der Waals surface area contributed by atoms with Crippen molar-refractivity contribution in [3.05, 3.63) is 35.9 Å². The summed E-state index contributed by atoms with van der Waals surface area (Å²) in [7, 11) is 0. The molecule has 0 aliphatic carbocycles. The molecule has 1 aromatic rings. The molecule has 1 aromatic carbocycles. The molecule has 14 heavy (non-hydrogen) atoms. The summed E-state index contributed by atoms with van der Waals surface area (Å²) >= 11 is 0. The third kappa shape index (κ3) is 2.08. The van der Waals surface area contributed by atoms with Crippen molar-refractivity contribution in [3.63, 3.8) is 0 Å². The van der Waals surface area contributed by atoms with Gasteiger partial charge in [-0.25, -0.2) is 0 Å². The zero-order chi connectivity index (χ0) is 10.6. The average molecular weight is 192 g/mol. The zero-order valence-electron chi connectivity index (χ0n) is 8.45. The van der Waals surface area contributed by atoms with E-state index in [1.807, 2.05) is 6.07 Å². The monoisotopic (exact) mass is 192 g/mol. The Morgan fingerprint density at radius 2 is 2.07 bits per heavy atom. The van der Waals surface area contributed by atoms with E-state index in [1.54, 1.807) is 6.08 Å². The number of hydrogen-bond donors (Lipinski definition) is 2. The highest BCUT2D eigenvalue weighted by atomic mass is 16.3. The van der Waals surface area contributed by atoms with Gasteiger partial charge in [-0.3, -0.25) is 0 Å². The molecule has 1 rings (SSSR count). The summed E-state index contributed by atoms with van der Waals surface area (Å²) < 4.78 is 0. The number of phenolic OH excluding ortho intramolecular Hbond substituents is 2. The van der Waals surface area contributed by atoms with Crippen LogP contribution in [0.15, 0.2) is 24.8 Å². The summed E-state index contributed by atoms with van der Waals surface area (Å²) in [4.78, 5) is 0. The normalized spacial score (nSPS) is 10.1. The largest absolute Gasteiger partial charge is 0.504 e. The smallest absolute Gasteiger partial charge is 0.161 e. The van der Waals surface area contributed by atoms with Crippen LogP contribution in [0, 0.1) is 0 Å². The molecule has 0 saturated carbocycles. The number of aromatic hydroxyl groups is 2. The van der Waals surface area contributed by atoms with Gasteiger partial charge in [-0.2, -0.15) is 0 Å². The number of allylic oxidation sites excluding steroid dienone is 1. The minimum Gasteiger partial charge on any atom is -0.504 e. The van der Waals surface area contributed by atoms with Gasteiger partial charge in [-0.1, -0.05) is 25.5 Å². The molecule has 0 bridgehead atoms. The van der Waals surface area contributed by atoms with Crippen molar-refractivity contribution in [1.82, 2.24) is 0 Å². The van der Waals surface area contributed by atoms with Crippen LogP contribution in [0.25, 0.3) is 0 Å². The first-order valence-corrected chi connectivity index (χ1v) is 4.84. The molecule has 2 N–H and O–H groups in total. The van der Waals surface area contributed by atoms with Gasteiger partial charge < -0.3 is 10.2 Å². The maximum Gasteiger partial charge on any atom is 0.161 e. The van der Waals surface area contributed by atoms with Gasteiger partial charge in [-0.05, 0) is 24.5 Å². The lowest BCUT2D eigenvalue weighted by atomic mass is 9.99. The fourth-order valence-corrected chi connectivity index (χ4v) is 1.54. The molecule has 0 heterocycles. The predicted octanol–water partition coefficient (Wildman–Crippen LogP) is 2.78. The summed E-state index contributed by atoms with van der Waals surface area (Å²) in [5.74, 6) is -0.0578. The van der Waals surface area contributed by atoms with Gasteiger partial charge in [0.15, 0.2) is 11.5 Å². The number of aryl methyl sites for hydroxylation is 1. The van der Waals surface area contributed by atoms with E-state index in [-0.39, 0.29) is 11.5 Å². The van der Waals surface area contributed by atoms with Crippen molar-refractivity contribution < 1.29 is 10.2 Å². The molecule has 0 atom stereocenters. The Balaban J connectivity index is 3.14. The molecule has 0 aromatic heterocycles. The summed E-state index contributed by atoms with van der Waals surface area (Å²) in [5, 5.41) is 19.0. The van der Waals surface area contributed by atoms with Crippen LogP contribution in [0.4, 0.5) is 0 Å². The molecule has 0 aliphatic heterocycles. The molecule has 2 nitrogen and oxygen atoms in total. The van der Waals surface area contributed by atoms with Gasteiger partial charge in [0.05, 0.1) is 0 Å². The van der Waals surface area contributed by atoms with Crippen LogP contribution in [-0.4, -0.2) is 10.2 Å². The van der Waals surface area contributed by atoms with Crippen LogP contribution in [0.1, 0.15) is 24.5 Å². The van der Waals surface area contributed by atoms with Crippen molar-refractivity contribution >= 4 is 0 Å². The highest BCUT2D eigenvalue weighted by molar-refractivity contribution is 5.49. The number of rotatable bonds is 4. The lowest BCUT2D eigenvalue weighted by Crippen LogP contribution is -1.93. The van der Waals surface area contributed by atoms with E-state index in [9.17, 15) is 10.2 Å². The van der Waals surface area contributed by atoms with Crippen LogP contribution < -0.4 is 0 Å². The highest BCUT2D eigenvalue weighted by Crippen LogP contribution is 2.32. The molecule has 0 spiro atoms. The zero-order valence-corrected chi connectivity index (χ0v) is 8.45. The summed E-state index contributed by atoms with van der Waals surface area (Å²) in [5.41, 5.74) is 1.88. The first kappa shape index (κ1) is 10.6. The van der Waals surface area contributed by atoms with Gasteiger partial charge in [-0.15, -0.1) is 6.58 Å². The first-order chi connectivity index (χ1) is 6.70. The van der Waals surface area contributed by atoms with Gasteiger partial charge >= 0.3 is 0 Å². The van der Waals surface area contributed by atoms with Crippen molar-refractivity contribution in [2.24, 2.45) is 0 Å². The molecule has 0 amide bonds. The van der Waals surface area contributed by atoms with E-state index >= 15 is 0 Å². The van der Waals surface area contributed by atoms with Gasteiger partial charge in [0.1, 0.15) is 0 Å². The Morgan fingerprint density at radius 1 is 1.36 bits per heavy atom. The minimum absolute atomic E-state index is 0.00384.